The number of benzene rings is 3. The molecule has 0 aliphatic carbocycles. The molecule has 204 valence electrons. The van der Waals surface area contributed by atoms with Gasteiger partial charge in [-0.2, -0.15) is 0 Å². The number of rotatable bonds is 9. The molecule has 1 atom stereocenters. The van der Waals surface area contributed by atoms with Crippen LogP contribution in [0.5, 0.6) is 11.5 Å². The first-order valence-corrected chi connectivity index (χ1v) is 13.3. The van der Waals surface area contributed by atoms with Crippen molar-refractivity contribution in [2.75, 3.05) is 37.1 Å². The molecule has 1 amide bonds. The summed E-state index contributed by atoms with van der Waals surface area (Å²) in [5.41, 5.74) is 3.62. The van der Waals surface area contributed by atoms with E-state index >= 15 is 0 Å². The smallest absolute Gasteiger partial charge is 0.300 e. The van der Waals surface area contributed by atoms with Crippen molar-refractivity contribution in [3.63, 3.8) is 0 Å². The number of hydrogen-bond donors (Lipinski definition) is 1. The van der Waals surface area contributed by atoms with E-state index in [4.69, 9.17) is 9.47 Å². The topological polar surface area (TPSA) is 79.3 Å². The number of carbonyl (C=O) groups is 2. The van der Waals surface area contributed by atoms with Crippen molar-refractivity contribution in [2.45, 2.75) is 39.7 Å². The molecule has 0 radical (unpaired) electrons. The van der Waals surface area contributed by atoms with Gasteiger partial charge in [0.2, 0.25) is 0 Å². The average Bonchev–Trinajstić information content (AvgIpc) is 3.19. The van der Waals surface area contributed by atoms with Crippen molar-refractivity contribution in [3.05, 3.63) is 89.0 Å². The number of hydrogen-bond acceptors (Lipinski definition) is 6. The second kappa shape index (κ2) is 11.6. The predicted octanol–water partition coefficient (Wildman–Crippen LogP) is 6.30. The normalized spacial score (nSPS) is 16.6. The van der Waals surface area contributed by atoms with E-state index in [1.54, 1.807) is 12.1 Å². The first-order valence-electron chi connectivity index (χ1n) is 13.3. The molecule has 4 rings (SSSR count). The van der Waals surface area contributed by atoms with Gasteiger partial charge in [0.15, 0.2) is 0 Å². The molecule has 1 heterocycles. The maximum Gasteiger partial charge on any atom is 0.300 e. The fraction of sp³-hybridized carbons (Fsp3) is 0.312. The van der Waals surface area contributed by atoms with Gasteiger partial charge < -0.3 is 19.5 Å². The molecule has 1 aliphatic heterocycles. The minimum Gasteiger partial charge on any atom is -0.507 e. The number of nitrogens with zero attached hydrogens (tertiary/aromatic N) is 2. The number of aliphatic hydroxyl groups is 1. The molecule has 0 aromatic heterocycles. The Kier molecular flexibility index (Phi) is 8.29. The lowest BCUT2D eigenvalue weighted by Gasteiger charge is -2.26. The summed E-state index contributed by atoms with van der Waals surface area (Å²) < 4.78 is 11.4. The van der Waals surface area contributed by atoms with Crippen LogP contribution in [0.15, 0.2) is 72.3 Å². The van der Waals surface area contributed by atoms with Gasteiger partial charge in [0.05, 0.1) is 24.8 Å². The molecule has 39 heavy (non-hydrogen) atoms. The van der Waals surface area contributed by atoms with Crippen LogP contribution in [0, 0.1) is 0 Å². The molecule has 3 aromatic rings. The molecule has 3 aromatic carbocycles. The summed E-state index contributed by atoms with van der Waals surface area (Å²) in [6, 6.07) is 19.2. The first kappa shape index (κ1) is 27.8. The van der Waals surface area contributed by atoms with Crippen molar-refractivity contribution in [3.8, 4) is 11.5 Å². The van der Waals surface area contributed by atoms with Crippen LogP contribution >= 0.6 is 0 Å². The molecule has 7 nitrogen and oxygen atoms in total. The molecule has 0 spiro atoms. The zero-order chi connectivity index (χ0) is 28.3. The van der Waals surface area contributed by atoms with Gasteiger partial charge in [-0.1, -0.05) is 26.0 Å². The largest absolute Gasteiger partial charge is 0.507 e. The summed E-state index contributed by atoms with van der Waals surface area (Å²) >= 11 is 0. The van der Waals surface area contributed by atoms with Gasteiger partial charge in [-0.05, 0) is 85.5 Å². The average molecular weight is 529 g/mol. The molecule has 0 saturated carbocycles. The number of anilines is 2. The molecule has 1 aliphatic rings. The van der Waals surface area contributed by atoms with E-state index in [9.17, 15) is 14.7 Å². The quantitative estimate of drug-likeness (QED) is 0.200. The number of ketones is 1. The van der Waals surface area contributed by atoms with Gasteiger partial charge in [-0.25, -0.2) is 0 Å². The van der Waals surface area contributed by atoms with Crippen LogP contribution in [0.3, 0.4) is 0 Å². The van der Waals surface area contributed by atoms with Crippen molar-refractivity contribution < 1.29 is 24.2 Å². The van der Waals surface area contributed by atoms with E-state index in [1.165, 1.54) is 4.90 Å². The summed E-state index contributed by atoms with van der Waals surface area (Å²) in [6.45, 7) is 8.94. The van der Waals surface area contributed by atoms with Gasteiger partial charge in [0, 0.05) is 31.0 Å². The molecule has 0 bridgehead atoms. The lowest BCUT2D eigenvalue weighted by Crippen LogP contribution is -2.29. The van der Waals surface area contributed by atoms with Gasteiger partial charge in [-0.3, -0.25) is 14.5 Å². The van der Waals surface area contributed by atoms with Gasteiger partial charge >= 0.3 is 0 Å². The van der Waals surface area contributed by atoms with Crippen molar-refractivity contribution in [1.29, 1.82) is 0 Å². The maximum atomic E-state index is 13.6. The monoisotopic (exact) mass is 528 g/mol. The van der Waals surface area contributed by atoms with Crippen LogP contribution in [-0.2, 0) is 9.59 Å². The van der Waals surface area contributed by atoms with Crippen molar-refractivity contribution in [2.24, 2.45) is 0 Å². The minimum absolute atomic E-state index is 0.0414. The van der Waals surface area contributed by atoms with E-state index in [0.29, 0.717) is 35.8 Å². The highest BCUT2D eigenvalue weighted by Gasteiger charge is 2.47. The fourth-order valence-electron chi connectivity index (χ4n) is 4.83. The van der Waals surface area contributed by atoms with Crippen LogP contribution in [0.4, 0.5) is 11.4 Å². The number of carbonyl (C=O) groups excluding carboxylic acids is 2. The summed E-state index contributed by atoms with van der Waals surface area (Å²) in [7, 11) is 3.87. The molecular weight excluding hydrogens is 492 g/mol. The zero-order valence-corrected chi connectivity index (χ0v) is 23.4. The van der Waals surface area contributed by atoms with Crippen LogP contribution in [0.25, 0.3) is 5.76 Å². The van der Waals surface area contributed by atoms with Gasteiger partial charge in [0.25, 0.3) is 11.7 Å². The number of Topliss-reactive ketones (excluding diaryl/α,β-unsaturated/α-hetero) is 1. The Bertz CT molecular complexity index is 1370. The summed E-state index contributed by atoms with van der Waals surface area (Å²) in [4.78, 5) is 30.5. The van der Waals surface area contributed by atoms with E-state index in [0.717, 1.165) is 17.0 Å². The van der Waals surface area contributed by atoms with E-state index in [2.05, 4.69) is 0 Å². The number of amides is 1. The molecule has 7 heteroatoms. The Hall–Kier alpha value is -4.26. The Labute approximate surface area is 230 Å². The molecule has 1 saturated heterocycles. The standard InChI is InChI=1S/C32H36N2O5/c1-7-38-25-16-9-21(10-17-25)29-28(30(35)22-11-18-27(39-8-2)26(19-22)20(3)4)31(36)32(37)34(29)24-14-12-23(13-15-24)33(5)6/h9-20,29,35H,7-8H2,1-6H3/b30-28-. The third-order valence-corrected chi connectivity index (χ3v) is 6.80. The van der Waals surface area contributed by atoms with Crippen LogP contribution in [0.2, 0.25) is 0 Å². The van der Waals surface area contributed by atoms with Crippen molar-refractivity contribution in [1.82, 2.24) is 0 Å². The second-order valence-corrected chi connectivity index (χ2v) is 9.92. The second-order valence-electron chi connectivity index (χ2n) is 9.92. The van der Waals surface area contributed by atoms with Crippen LogP contribution < -0.4 is 19.3 Å². The highest BCUT2D eigenvalue weighted by Crippen LogP contribution is 2.43. The third-order valence-electron chi connectivity index (χ3n) is 6.80. The number of ether oxygens (including phenoxy) is 2. The summed E-state index contributed by atoms with van der Waals surface area (Å²) in [5, 5.41) is 11.6. The zero-order valence-electron chi connectivity index (χ0n) is 23.4. The first-order chi connectivity index (χ1) is 18.7. The van der Waals surface area contributed by atoms with Gasteiger partial charge in [-0.15, -0.1) is 0 Å². The van der Waals surface area contributed by atoms with E-state index in [-0.39, 0.29) is 17.3 Å². The van der Waals surface area contributed by atoms with Gasteiger partial charge in [0.1, 0.15) is 17.3 Å². The Morgan fingerprint density at radius 2 is 1.56 bits per heavy atom. The molecule has 1 N–H and O–H groups in total. The Balaban J connectivity index is 1.89. The Morgan fingerprint density at radius 1 is 0.923 bits per heavy atom. The molecule has 1 unspecified atom stereocenters. The SMILES string of the molecule is CCOc1ccc(C2/C(=C(/O)c3ccc(OCC)c(C(C)C)c3)C(=O)C(=O)N2c2ccc(N(C)C)cc2)cc1. The number of aliphatic hydroxyl groups excluding tert-OH is 1. The van der Waals surface area contributed by atoms with Crippen molar-refractivity contribution >= 4 is 28.8 Å². The highest BCUT2D eigenvalue weighted by molar-refractivity contribution is 6.51. The third kappa shape index (κ3) is 5.48. The molecule has 1 fully saturated rings. The summed E-state index contributed by atoms with van der Waals surface area (Å²) in [5.74, 6) is -0.107. The predicted molar refractivity (Wildman–Crippen MR) is 155 cm³/mol. The van der Waals surface area contributed by atoms with Crippen LogP contribution in [0.1, 0.15) is 56.3 Å². The fourth-order valence-corrected chi connectivity index (χ4v) is 4.83. The Morgan fingerprint density at radius 3 is 2.13 bits per heavy atom. The highest BCUT2D eigenvalue weighted by atomic mass is 16.5. The van der Waals surface area contributed by atoms with E-state index in [1.807, 2.05) is 101 Å². The van der Waals surface area contributed by atoms with E-state index < -0.39 is 17.7 Å². The lowest BCUT2D eigenvalue weighted by molar-refractivity contribution is -0.132. The minimum atomic E-state index is -0.819. The lowest BCUT2D eigenvalue weighted by atomic mass is 9.93. The maximum absolute atomic E-state index is 13.6. The summed E-state index contributed by atoms with van der Waals surface area (Å²) in [6.07, 6.45) is 0. The molecular formula is C32H36N2O5. The van der Waals surface area contributed by atoms with Crippen LogP contribution in [-0.4, -0.2) is 44.1 Å².